The van der Waals surface area contributed by atoms with Crippen molar-refractivity contribution in [3.63, 3.8) is 0 Å². The summed E-state index contributed by atoms with van der Waals surface area (Å²) < 4.78 is 26.5. The Balaban J connectivity index is 1.28. The van der Waals surface area contributed by atoms with Crippen LogP contribution >= 0.6 is 0 Å². The van der Waals surface area contributed by atoms with E-state index in [4.69, 9.17) is 20.4 Å². The lowest BCUT2D eigenvalue weighted by atomic mass is 10.0. The molecule has 1 aliphatic carbocycles. The number of imidazole rings is 1. The van der Waals surface area contributed by atoms with Crippen LogP contribution in [0.25, 0.3) is 39.4 Å². The van der Waals surface area contributed by atoms with Gasteiger partial charge in [-0.3, -0.25) is 4.79 Å². The fourth-order valence-corrected chi connectivity index (χ4v) is 6.70. The van der Waals surface area contributed by atoms with Crippen LogP contribution in [0.5, 0.6) is 5.75 Å². The summed E-state index contributed by atoms with van der Waals surface area (Å²) in [5, 5.41) is 5.65. The van der Waals surface area contributed by atoms with Gasteiger partial charge in [0.15, 0.2) is 11.6 Å². The van der Waals surface area contributed by atoms with E-state index in [2.05, 4.69) is 31.3 Å². The van der Waals surface area contributed by atoms with Crippen molar-refractivity contribution in [1.82, 2.24) is 38.8 Å². The van der Waals surface area contributed by atoms with Crippen LogP contribution in [0.4, 0.5) is 4.39 Å². The molecule has 1 saturated carbocycles. The topological polar surface area (TPSA) is 122 Å². The van der Waals surface area contributed by atoms with Gasteiger partial charge in [0.05, 0.1) is 37.6 Å². The number of aromatic nitrogens is 7. The second-order valence-corrected chi connectivity index (χ2v) is 12.8. The maximum atomic E-state index is 14.4. The van der Waals surface area contributed by atoms with Crippen molar-refractivity contribution in [2.75, 3.05) is 20.2 Å². The van der Waals surface area contributed by atoms with Crippen molar-refractivity contribution in [2.24, 2.45) is 11.7 Å². The Morgan fingerprint density at radius 3 is 2.74 bits per heavy atom. The number of aryl methyl sites for hydroxylation is 1. The molecule has 6 aromatic rings. The third-order valence-electron chi connectivity index (χ3n) is 9.10. The SMILES string of the molecule is COc1cc(C(=O)N2C[C@H](N)C[C@@H](F)C2)cc2nc(-c3cc4cccnc4n3CC3CC3)n(Cc3cnn(-c4cccc(C)n4)c3)c12. The van der Waals surface area contributed by atoms with Crippen molar-refractivity contribution in [3.05, 3.63) is 83.9 Å². The predicted octanol–water partition coefficient (Wildman–Crippen LogP) is 4.92. The molecular formula is C35H36FN9O2. The molecule has 0 unspecified atom stereocenters. The number of carbonyl (C=O) groups is 1. The summed E-state index contributed by atoms with van der Waals surface area (Å²) >= 11 is 0. The van der Waals surface area contributed by atoms with Gasteiger partial charge in [-0.25, -0.2) is 24.0 Å². The minimum Gasteiger partial charge on any atom is -0.494 e. The quantitative estimate of drug-likeness (QED) is 0.253. The van der Waals surface area contributed by atoms with Crippen LogP contribution in [0.15, 0.2) is 67.1 Å². The number of piperidine rings is 1. The molecule has 8 rings (SSSR count). The largest absolute Gasteiger partial charge is 0.494 e. The zero-order valence-corrected chi connectivity index (χ0v) is 26.4. The molecule has 2 aliphatic rings. The van der Waals surface area contributed by atoms with E-state index in [1.807, 2.05) is 49.8 Å². The van der Waals surface area contributed by atoms with E-state index in [1.54, 1.807) is 23.9 Å². The van der Waals surface area contributed by atoms with Crippen LogP contribution in [0, 0.1) is 12.8 Å². The van der Waals surface area contributed by atoms with Gasteiger partial charge in [-0.15, -0.1) is 0 Å². The summed E-state index contributed by atoms with van der Waals surface area (Å²) in [4.78, 5) is 29.8. The Morgan fingerprint density at radius 2 is 1.96 bits per heavy atom. The summed E-state index contributed by atoms with van der Waals surface area (Å²) in [5.41, 5.74) is 11.5. The number of methoxy groups -OCH3 is 1. The maximum absolute atomic E-state index is 14.4. The summed E-state index contributed by atoms with van der Waals surface area (Å²) in [6.07, 6.45) is 7.09. The van der Waals surface area contributed by atoms with Crippen molar-refractivity contribution in [2.45, 2.75) is 51.5 Å². The average molecular weight is 634 g/mol. The molecule has 47 heavy (non-hydrogen) atoms. The number of hydrogen-bond acceptors (Lipinski definition) is 7. The highest BCUT2D eigenvalue weighted by atomic mass is 19.1. The molecule has 1 saturated heterocycles. The number of rotatable bonds is 8. The monoisotopic (exact) mass is 633 g/mol. The molecule has 1 aliphatic heterocycles. The third kappa shape index (κ3) is 5.52. The molecule has 0 bridgehead atoms. The molecule has 6 heterocycles. The first-order valence-corrected chi connectivity index (χ1v) is 16.0. The van der Waals surface area contributed by atoms with Crippen LogP contribution in [-0.2, 0) is 13.1 Å². The number of halogens is 1. The van der Waals surface area contributed by atoms with Gasteiger partial charge in [0.2, 0.25) is 0 Å². The van der Waals surface area contributed by atoms with E-state index in [9.17, 15) is 9.18 Å². The molecule has 0 radical (unpaired) electrons. The number of fused-ring (bicyclic) bond motifs is 2. The Morgan fingerprint density at radius 1 is 1.09 bits per heavy atom. The summed E-state index contributed by atoms with van der Waals surface area (Å²) in [7, 11) is 1.59. The van der Waals surface area contributed by atoms with E-state index in [-0.39, 0.29) is 18.9 Å². The zero-order valence-electron chi connectivity index (χ0n) is 26.4. The van der Waals surface area contributed by atoms with Crippen molar-refractivity contribution in [1.29, 1.82) is 0 Å². The zero-order chi connectivity index (χ0) is 32.2. The summed E-state index contributed by atoms with van der Waals surface area (Å²) in [6.45, 7) is 3.54. The van der Waals surface area contributed by atoms with Crippen LogP contribution in [-0.4, -0.2) is 77.1 Å². The van der Waals surface area contributed by atoms with Crippen molar-refractivity contribution >= 4 is 28.0 Å². The lowest BCUT2D eigenvalue weighted by Crippen LogP contribution is -2.50. The first kappa shape index (κ1) is 29.3. The maximum Gasteiger partial charge on any atom is 0.254 e. The molecule has 1 aromatic carbocycles. The Kier molecular flexibility index (Phi) is 7.24. The smallest absolute Gasteiger partial charge is 0.254 e. The number of alkyl halides is 1. The molecule has 12 heteroatoms. The van der Waals surface area contributed by atoms with Crippen LogP contribution in [0.2, 0.25) is 0 Å². The number of carbonyl (C=O) groups excluding carboxylic acids is 1. The molecule has 2 fully saturated rings. The van der Waals surface area contributed by atoms with Gasteiger partial charge in [-0.05, 0) is 74.6 Å². The highest BCUT2D eigenvalue weighted by Gasteiger charge is 2.31. The van der Waals surface area contributed by atoms with Crippen LogP contribution < -0.4 is 10.5 Å². The van der Waals surface area contributed by atoms with E-state index in [1.165, 1.54) is 17.7 Å². The van der Waals surface area contributed by atoms with Crippen LogP contribution in [0.1, 0.15) is 40.9 Å². The number of nitrogens with zero attached hydrogens (tertiary/aromatic N) is 8. The number of nitrogens with two attached hydrogens (primary N) is 1. The predicted molar refractivity (Wildman–Crippen MR) is 176 cm³/mol. The lowest BCUT2D eigenvalue weighted by Gasteiger charge is -2.33. The Hall–Kier alpha value is -5.10. The normalized spacial score (nSPS) is 18.3. The molecule has 0 spiro atoms. The van der Waals surface area contributed by atoms with Gasteiger partial charge >= 0.3 is 0 Å². The minimum atomic E-state index is -1.16. The summed E-state index contributed by atoms with van der Waals surface area (Å²) in [6, 6.07) is 15.1. The van der Waals surface area contributed by atoms with Gasteiger partial charge in [0, 0.05) is 53.7 Å². The number of pyridine rings is 2. The molecular weight excluding hydrogens is 597 g/mol. The molecule has 1 amide bonds. The van der Waals surface area contributed by atoms with E-state index in [0.717, 1.165) is 51.7 Å². The van der Waals surface area contributed by atoms with Crippen molar-refractivity contribution < 1.29 is 13.9 Å². The first-order valence-electron chi connectivity index (χ1n) is 16.0. The summed E-state index contributed by atoms with van der Waals surface area (Å²) in [5.74, 6) is 2.26. The van der Waals surface area contributed by atoms with E-state index < -0.39 is 12.2 Å². The number of likely N-dealkylation sites (tertiary alicyclic amines) is 1. The van der Waals surface area contributed by atoms with Gasteiger partial charge < -0.3 is 24.5 Å². The second-order valence-electron chi connectivity index (χ2n) is 12.8. The number of amides is 1. The van der Waals surface area contributed by atoms with Gasteiger partial charge in [-0.2, -0.15) is 5.10 Å². The fourth-order valence-electron chi connectivity index (χ4n) is 6.70. The molecule has 240 valence electrons. The first-order chi connectivity index (χ1) is 22.8. The molecule has 5 aromatic heterocycles. The minimum absolute atomic E-state index is 0.0145. The highest BCUT2D eigenvalue weighted by Crippen LogP contribution is 2.38. The lowest BCUT2D eigenvalue weighted by molar-refractivity contribution is 0.0606. The Bertz CT molecular complexity index is 2120. The fraction of sp³-hybridized carbons (Fsp3) is 0.343. The van der Waals surface area contributed by atoms with Gasteiger partial charge in [-0.1, -0.05) is 6.07 Å². The Labute approximate surface area is 270 Å². The van der Waals surface area contributed by atoms with E-state index in [0.29, 0.717) is 35.8 Å². The molecule has 2 N–H and O–H groups in total. The van der Waals surface area contributed by atoms with Gasteiger partial charge in [0.1, 0.15) is 23.1 Å². The molecule has 11 nitrogen and oxygen atoms in total. The number of ether oxygens (including phenoxy) is 1. The van der Waals surface area contributed by atoms with Gasteiger partial charge in [0.25, 0.3) is 5.91 Å². The second kappa shape index (κ2) is 11.6. The molecule has 2 atom stereocenters. The highest BCUT2D eigenvalue weighted by molar-refractivity contribution is 6.00. The van der Waals surface area contributed by atoms with Crippen LogP contribution in [0.3, 0.4) is 0 Å². The third-order valence-corrected chi connectivity index (χ3v) is 9.10. The van der Waals surface area contributed by atoms with E-state index >= 15 is 0 Å². The van der Waals surface area contributed by atoms with Crippen molar-refractivity contribution in [3.8, 4) is 23.1 Å². The number of hydrogen-bond donors (Lipinski definition) is 1. The number of benzene rings is 1. The standard InChI is InChI=1S/C35H36FN9O2/c1-21-5-3-7-31(40-21)45-18-23(15-39-45)17-44-32-28(11-25(13-30(32)47-2)35(46)42-19-26(36)14-27(37)20-42)41-34(44)29-12-24-6-4-10-38-33(24)43(29)16-22-8-9-22/h3-7,10-13,15,18,22,26-27H,8-9,14,16-17,19-20,37H2,1-2H3/t26-,27-/m1/s1. The average Bonchev–Trinajstić information content (AvgIpc) is 3.46.